The average Bonchev–Trinajstić information content (AvgIpc) is 2.77. The predicted octanol–water partition coefficient (Wildman–Crippen LogP) is 1.98. The third kappa shape index (κ3) is 3.18. The van der Waals surface area contributed by atoms with Gasteiger partial charge in [0, 0.05) is 5.56 Å². The van der Waals surface area contributed by atoms with Crippen molar-refractivity contribution >= 4 is 34.0 Å². The smallest absolute Gasteiger partial charge is 0.227 e. The fraction of sp³-hybridized carbons (Fsp3) is 0.167. The summed E-state index contributed by atoms with van der Waals surface area (Å²) in [7, 11) is 1.60. The van der Waals surface area contributed by atoms with Crippen LogP contribution in [0.15, 0.2) is 28.6 Å². The van der Waals surface area contributed by atoms with Crippen LogP contribution in [0.1, 0.15) is 0 Å². The van der Waals surface area contributed by atoms with Crippen LogP contribution in [-0.2, 0) is 4.79 Å². The van der Waals surface area contributed by atoms with Crippen LogP contribution in [0.5, 0.6) is 5.75 Å². The molecule has 100 valence electrons. The Balaban J connectivity index is 2.32. The molecule has 1 amide bonds. The fourth-order valence-corrected chi connectivity index (χ4v) is 3.22. The summed E-state index contributed by atoms with van der Waals surface area (Å²) in [5, 5.41) is 0.594. The third-order valence-electron chi connectivity index (χ3n) is 2.33. The van der Waals surface area contributed by atoms with Crippen molar-refractivity contribution in [2.45, 2.75) is 4.34 Å². The lowest BCUT2D eigenvalue weighted by molar-refractivity contribution is -0.115. The molecule has 0 atom stereocenters. The van der Waals surface area contributed by atoms with E-state index >= 15 is 0 Å². The summed E-state index contributed by atoms with van der Waals surface area (Å²) >= 11 is 2.62. The monoisotopic (exact) mass is 295 g/mol. The molecule has 0 saturated heterocycles. The van der Waals surface area contributed by atoms with Gasteiger partial charge < -0.3 is 16.2 Å². The fourth-order valence-electron chi connectivity index (χ4n) is 1.54. The summed E-state index contributed by atoms with van der Waals surface area (Å²) in [4.78, 5) is 15.2. The van der Waals surface area contributed by atoms with Crippen molar-refractivity contribution in [3.63, 3.8) is 0 Å². The molecule has 5 nitrogen and oxygen atoms in total. The van der Waals surface area contributed by atoms with E-state index in [1.54, 1.807) is 7.11 Å². The van der Waals surface area contributed by atoms with Gasteiger partial charge in [-0.3, -0.25) is 4.79 Å². The number of ether oxygens (including phenoxy) is 1. The number of aromatic nitrogens is 1. The number of para-hydroxylation sites is 1. The van der Waals surface area contributed by atoms with E-state index < -0.39 is 0 Å². The second-order valence-corrected chi connectivity index (χ2v) is 5.90. The summed E-state index contributed by atoms with van der Waals surface area (Å²) < 4.78 is 6.01. The number of nitrogens with two attached hydrogens (primary N) is 2. The van der Waals surface area contributed by atoms with Gasteiger partial charge in [-0.05, 0) is 12.1 Å². The SMILES string of the molecule is COc1ccccc1-c1nc(SCC(N)=O)sc1N. The Morgan fingerprint density at radius 2 is 2.21 bits per heavy atom. The van der Waals surface area contributed by atoms with E-state index in [4.69, 9.17) is 16.2 Å². The summed E-state index contributed by atoms with van der Waals surface area (Å²) in [5.41, 5.74) is 12.6. The van der Waals surface area contributed by atoms with Crippen LogP contribution >= 0.6 is 23.1 Å². The third-order valence-corrected chi connectivity index (χ3v) is 4.38. The number of anilines is 1. The minimum Gasteiger partial charge on any atom is -0.496 e. The summed E-state index contributed by atoms with van der Waals surface area (Å²) in [6, 6.07) is 7.53. The maximum atomic E-state index is 10.8. The highest BCUT2D eigenvalue weighted by atomic mass is 32.2. The zero-order valence-electron chi connectivity index (χ0n) is 10.3. The summed E-state index contributed by atoms with van der Waals surface area (Å²) in [5.74, 6) is 0.529. The van der Waals surface area contributed by atoms with E-state index in [9.17, 15) is 4.79 Å². The highest BCUT2D eigenvalue weighted by Crippen LogP contribution is 2.38. The van der Waals surface area contributed by atoms with Crippen LogP contribution in [0.4, 0.5) is 5.00 Å². The van der Waals surface area contributed by atoms with Crippen LogP contribution < -0.4 is 16.2 Å². The van der Waals surface area contributed by atoms with Crippen molar-refractivity contribution in [3.8, 4) is 17.0 Å². The summed E-state index contributed by atoms with van der Waals surface area (Å²) in [6.45, 7) is 0. The lowest BCUT2D eigenvalue weighted by Crippen LogP contribution is -2.12. The minimum absolute atomic E-state index is 0.193. The van der Waals surface area contributed by atoms with Gasteiger partial charge in [-0.2, -0.15) is 0 Å². The number of hydrogen-bond donors (Lipinski definition) is 2. The molecule has 2 aromatic rings. The molecule has 7 heteroatoms. The normalized spacial score (nSPS) is 10.4. The molecule has 0 aliphatic rings. The maximum Gasteiger partial charge on any atom is 0.227 e. The van der Waals surface area contributed by atoms with Crippen LogP contribution in [0, 0.1) is 0 Å². The molecule has 19 heavy (non-hydrogen) atoms. The second-order valence-electron chi connectivity index (χ2n) is 3.65. The largest absolute Gasteiger partial charge is 0.496 e. The Kier molecular flexibility index (Phi) is 4.28. The zero-order valence-corrected chi connectivity index (χ0v) is 11.9. The predicted molar refractivity (Wildman–Crippen MR) is 78.4 cm³/mol. The Bertz CT molecular complexity index is 598. The van der Waals surface area contributed by atoms with Gasteiger partial charge in [-0.15, -0.1) is 0 Å². The number of rotatable bonds is 5. The molecule has 4 N–H and O–H groups in total. The van der Waals surface area contributed by atoms with Gasteiger partial charge in [0.2, 0.25) is 5.91 Å². The standard InChI is InChI=1S/C12H13N3O2S2/c1-17-8-5-3-2-4-7(8)10-11(14)19-12(15-10)18-6-9(13)16/h2-5H,6,14H2,1H3,(H2,13,16). The van der Waals surface area contributed by atoms with Crippen LogP contribution in [0.25, 0.3) is 11.3 Å². The Hall–Kier alpha value is -1.73. The number of nitrogen functional groups attached to an aromatic ring is 1. The molecule has 0 spiro atoms. The number of thiazole rings is 1. The number of benzene rings is 1. The lowest BCUT2D eigenvalue weighted by atomic mass is 10.1. The number of thioether (sulfide) groups is 1. The second kappa shape index (κ2) is 5.94. The van der Waals surface area contributed by atoms with Crippen molar-refractivity contribution in [2.24, 2.45) is 5.73 Å². The van der Waals surface area contributed by atoms with Crippen molar-refractivity contribution < 1.29 is 9.53 Å². The quantitative estimate of drug-likeness (QED) is 0.823. The van der Waals surface area contributed by atoms with Crippen molar-refractivity contribution in [2.75, 3.05) is 18.6 Å². The van der Waals surface area contributed by atoms with Gasteiger partial charge in [-0.25, -0.2) is 4.98 Å². The molecule has 0 aliphatic heterocycles. The van der Waals surface area contributed by atoms with E-state index in [1.165, 1.54) is 23.1 Å². The molecular formula is C12H13N3O2S2. The van der Waals surface area contributed by atoms with Gasteiger partial charge in [0.15, 0.2) is 4.34 Å². The number of hydrogen-bond acceptors (Lipinski definition) is 6. The highest BCUT2D eigenvalue weighted by Gasteiger charge is 2.15. The zero-order chi connectivity index (χ0) is 13.8. The van der Waals surface area contributed by atoms with E-state index in [1.807, 2.05) is 24.3 Å². The van der Waals surface area contributed by atoms with Crippen molar-refractivity contribution in [1.82, 2.24) is 4.98 Å². The van der Waals surface area contributed by atoms with E-state index in [0.29, 0.717) is 16.4 Å². The molecule has 1 aromatic carbocycles. The number of methoxy groups -OCH3 is 1. The number of nitrogens with zero attached hydrogens (tertiary/aromatic N) is 1. The maximum absolute atomic E-state index is 10.8. The molecule has 0 unspecified atom stereocenters. The molecule has 0 saturated carbocycles. The first-order chi connectivity index (χ1) is 9.11. The van der Waals surface area contributed by atoms with Crippen LogP contribution in [-0.4, -0.2) is 23.8 Å². The Morgan fingerprint density at radius 3 is 2.89 bits per heavy atom. The Labute approximate surface area is 119 Å². The minimum atomic E-state index is -0.377. The first kappa shape index (κ1) is 13.7. The Morgan fingerprint density at radius 1 is 1.47 bits per heavy atom. The first-order valence-corrected chi connectivity index (χ1v) is 7.23. The van der Waals surface area contributed by atoms with E-state index in [-0.39, 0.29) is 11.7 Å². The van der Waals surface area contributed by atoms with E-state index in [2.05, 4.69) is 4.98 Å². The summed E-state index contributed by atoms with van der Waals surface area (Å²) in [6.07, 6.45) is 0. The molecule has 1 heterocycles. The molecule has 1 aromatic heterocycles. The van der Waals surface area contributed by atoms with Gasteiger partial charge in [0.05, 0.1) is 12.9 Å². The van der Waals surface area contributed by atoms with Gasteiger partial charge >= 0.3 is 0 Å². The average molecular weight is 295 g/mol. The van der Waals surface area contributed by atoms with Crippen molar-refractivity contribution in [3.05, 3.63) is 24.3 Å². The number of carbonyl (C=O) groups is 1. The van der Waals surface area contributed by atoms with Gasteiger partial charge in [0.1, 0.15) is 16.4 Å². The number of primary amides is 1. The highest BCUT2D eigenvalue weighted by molar-refractivity contribution is 8.01. The first-order valence-electron chi connectivity index (χ1n) is 5.42. The topological polar surface area (TPSA) is 91.2 Å². The van der Waals surface area contributed by atoms with Crippen LogP contribution in [0.2, 0.25) is 0 Å². The molecule has 0 bridgehead atoms. The lowest BCUT2D eigenvalue weighted by Gasteiger charge is -2.05. The molecule has 0 fully saturated rings. The number of carbonyl (C=O) groups excluding carboxylic acids is 1. The van der Waals surface area contributed by atoms with Gasteiger partial charge in [0.25, 0.3) is 0 Å². The van der Waals surface area contributed by atoms with Crippen molar-refractivity contribution in [1.29, 1.82) is 0 Å². The molecular weight excluding hydrogens is 282 g/mol. The van der Waals surface area contributed by atoms with Gasteiger partial charge in [-0.1, -0.05) is 35.2 Å². The number of amides is 1. The molecule has 0 aliphatic carbocycles. The molecule has 0 radical (unpaired) electrons. The van der Waals surface area contributed by atoms with E-state index in [0.717, 1.165) is 9.90 Å². The molecule has 2 rings (SSSR count). The van der Waals surface area contributed by atoms with Crippen LogP contribution in [0.3, 0.4) is 0 Å².